The highest BCUT2D eigenvalue weighted by Gasteiger charge is 2.13. The van der Waals surface area contributed by atoms with Crippen LogP contribution in [-0.2, 0) is 14.3 Å². The second-order valence-corrected chi connectivity index (χ2v) is 6.25. The molecule has 8 heteroatoms. The minimum Gasteiger partial charge on any atom is -0.493 e. The predicted molar refractivity (Wildman–Crippen MR) is 111 cm³/mol. The molecule has 0 fully saturated rings. The third-order valence-electron chi connectivity index (χ3n) is 4.20. The molecule has 1 heterocycles. The molecule has 8 nitrogen and oxygen atoms in total. The molecule has 0 bridgehead atoms. The Bertz CT molecular complexity index is 1090. The summed E-state index contributed by atoms with van der Waals surface area (Å²) in [5.74, 6) is 0.917. The normalized spacial score (nSPS) is 10.9. The van der Waals surface area contributed by atoms with Crippen molar-refractivity contribution >= 4 is 35.1 Å². The minimum absolute atomic E-state index is 0.166. The van der Waals surface area contributed by atoms with Gasteiger partial charge in [0.2, 0.25) is 0 Å². The van der Waals surface area contributed by atoms with Gasteiger partial charge in [-0.15, -0.1) is 0 Å². The maximum atomic E-state index is 11.9. The van der Waals surface area contributed by atoms with E-state index in [9.17, 15) is 9.59 Å². The summed E-state index contributed by atoms with van der Waals surface area (Å²) < 4.78 is 20.6. The molecule has 0 atom stereocenters. The van der Waals surface area contributed by atoms with Gasteiger partial charge in [0.15, 0.2) is 11.5 Å². The average Bonchev–Trinajstić information content (AvgIpc) is 3.18. The van der Waals surface area contributed by atoms with E-state index in [0.717, 1.165) is 11.1 Å². The van der Waals surface area contributed by atoms with Gasteiger partial charge in [0, 0.05) is 6.92 Å². The van der Waals surface area contributed by atoms with Crippen molar-refractivity contribution in [2.45, 2.75) is 6.92 Å². The number of hydrogen-bond donors (Lipinski definition) is 1. The van der Waals surface area contributed by atoms with Crippen molar-refractivity contribution < 1.29 is 28.5 Å². The van der Waals surface area contributed by atoms with Crippen molar-refractivity contribution in [3.05, 3.63) is 53.3 Å². The number of nitrogens with one attached hydrogen (secondary N) is 1. The van der Waals surface area contributed by atoms with Gasteiger partial charge in [0.25, 0.3) is 0 Å². The van der Waals surface area contributed by atoms with Gasteiger partial charge in [-0.3, -0.25) is 4.79 Å². The summed E-state index contributed by atoms with van der Waals surface area (Å²) in [6.45, 7) is 1.74. The van der Waals surface area contributed by atoms with E-state index >= 15 is 0 Å². The lowest BCUT2D eigenvalue weighted by Crippen LogP contribution is -2.10. The van der Waals surface area contributed by atoms with Gasteiger partial charge < -0.3 is 23.9 Å². The SMILES string of the molecule is COC(=O)c1cccc2[nH]c(C=Cc3ccc(OCCOC(C)=O)c(OC)c3)nc12. The summed E-state index contributed by atoms with van der Waals surface area (Å²) in [6, 6.07) is 10.7. The van der Waals surface area contributed by atoms with Crippen molar-refractivity contribution in [1.29, 1.82) is 0 Å². The first kappa shape index (κ1) is 20.9. The van der Waals surface area contributed by atoms with Crippen LogP contribution in [0.2, 0.25) is 0 Å². The standard InChI is InChI=1S/C22H22N2O6/c1-14(25)29-11-12-30-18-9-7-15(13-19(18)27-2)8-10-20-23-17-6-4-5-16(21(17)24-20)22(26)28-3/h4-10,13H,11-12H2,1-3H3,(H,23,24). The lowest BCUT2D eigenvalue weighted by atomic mass is 10.2. The van der Waals surface area contributed by atoms with E-state index in [1.165, 1.54) is 14.0 Å². The maximum Gasteiger partial charge on any atom is 0.340 e. The highest BCUT2D eigenvalue weighted by atomic mass is 16.6. The summed E-state index contributed by atoms with van der Waals surface area (Å²) in [5.41, 5.74) is 2.57. The van der Waals surface area contributed by atoms with Gasteiger partial charge in [0.1, 0.15) is 24.6 Å². The third kappa shape index (κ3) is 4.96. The number of imidazole rings is 1. The molecule has 2 aromatic carbocycles. The van der Waals surface area contributed by atoms with Crippen LogP contribution < -0.4 is 9.47 Å². The lowest BCUT2D eigenvalue weighted by molar-refractivity contribution is -0.141. The molecule has 0 aliphatic rings. The molecular formula is C22H22N2O6. The molecule has 0 spiro atoms. The van der Waals surface area contributed by atoms with Crippen molar-refractivity contribution in [3.8, 4) is 11.5 Å². The van der Waals surface area contributed by atoms with E-state index in [2.05, 4.69) is 9.97 Å². The van der Waals surface area contributed by atoms with E-state index in [1.54, 1.807) is 31.4 Å². The summed E-state index contributed by atoms with van der Waals surface area (Å²) >= 11 is 0. The van der Waals surface area contributed by atoms with Crippen LogP contribution in [0, 0.1) is 0 Å². The summed E-state index contributed by atoms with van der Waals surface area (Å²) in [4.78, 5) is 30.3. The predicted octanol–water partition coefficient (Wildman–Crippen LogP) is 3.47. The Morgan fingerprint density at radius 1 is 1.07 bits per heavy atom. The number of nitrogens with zero attached hydrogens (tertiary/aromatic N) is 1. The van der Waals surface area contributed by atoms with E-state index in [-0.39, 0.29) is 19.2 Å². The van der Waals surface area contributed by atoms with E-state index < -0.39 is 5.97 Å². The van der Waals surface area contributed by atoms with Crippen LogP contribution in [0.25, 0.3) is 23.2 Å². The Hall–Kier alpha value is -3.81. The highest BCUT2D eigenvalue weighted by Crippen LogP contribution is 2.29. The van der Waals surface area contributed by atoms with E-state index in [1.807, 2.05) is 24.3 Å². The second-order valence-electron chi connectivity index (χ2n) is 6.25. The second kappa shape index (κ2) is 9.60. The number of aromatic nitrogens is 2. The average molecular weight is 410 g/mol. The minimum atomic E-state index is -0.434. The molecule has 156 valence electrons. The molecule has 1 aromatic heterocycles. The van der Waals surface area contributed by atoms with Crippen LogP contribution >= 0.6 is 0 Å². The fourth-order valence-electron chi connectivity index (χ4n) is 2.82. The number of para-hydroxylation sites is 1. The van der Waals surface area contributed by atoms with Crippen LogP contribution in [0.4, 0.5) is 0 Å². The Morgan fingerprint density at radius 3 is 2.63 bits per heavy atom. The third-order valence-corrected chi connectivity index (χ3v) is 4.20. The number of aromatic amines is 1. The molecule has 0 radical (unpaired) electrons. The zero-order valence-corrected chi connectivity index (χ0v) is 16.9. The smallest absolute Gasteiger partial charge is 0.340 e. The van der Waals surface area contributed by atoms with E-state index in [4.69, 9.17) is 18.9 Å². The molecule has 0 saturated carbocycles. The lowest BCUT2D eigenvalue weighted by Gasteiger charge is -2.11. The van der Waals surface area contributed by atoms with Gasteiger partial charge in [-0.1, -0.05) is 18.2 Å². The van der Waals surface area contributed by atoms with Gasteiger partial charge in [-0.25, -0.2) is 9.78 Å². The fraction of sp³-hybridized carbons (Fsp3) is 0.227. The van der Waals surface area contributed by atoms with Crippen molar-refractivity contribution in [2.75, 3.05) is 27.4 Å². The Labute approximate surface area is 173 Å². The first-order valence-electron chi connectivity index (χ1n) is 9.21. The fourth-order valence-corrected chi connectivity index (χ4v) is 2.82. The first-order valence-corrected chi connectivity index (χ1v) is 9.21. The van der Waals surface area contributed by atoms with Crippen molar-refractivity contribution in [3.63, 3.8) is 0 Å². The summed E-state index contributed by atoms with van der Waals surface area (Å²) in [7, 11) is 2.89. The molecule has 0 saturated heterocycles. The molecule has 1 N–H and O–H groups in total. The molecule has 0 aliphatic carbocycles. The molecule has 3 aromatic rings. The molecule has 0 amide bonds. The Kier molecular flexibility index (Phi) is 6.69. The van der Waals surface area contributed by atoms with Crippen molar-refractivity contribution in [2.24, 2.45) is 0 Å². The maximum absolute atomic E-state index is 11.9. The van der Waals surface area contributed by atoms with Crippen LogP contribution in [-0.4, -0.2) is 49.3 Å². The molecule has 0 aliphatic heterocycles. The summed E-state index contributed by atoms with van der Waals surface area (Å²) in [6.07, 6.45) is 3.66. The molecule has 30 heavy (non-hydrogen) atoms. The number of rotatable bonds is 8. The first-order chi connectivity index (χ1) is 14.5. The quantitative estimate of drug-likeness (QED) is 0.448. The van der Waals surface area contributed by atoms with Gasteiger partial charge >= 0.3 is 11.9 Å². The number of carbonyl (C=O) groups is 2. The van der Waals surface area contributed by atoms with Gasteiger partial charge in [0.05, 0.1) is 25.3 Å². The number of hydrogen-bond acceptors (Lipinski definition) is 7. The number of H-pyrrole nitrogens is 1. The van der Waals surface area contributed by atoms with Crippen LogP contribution in [0.3, 0.4) is 0 Å². The number of methoxy groups -OCH3 is 2. The summed E-state index contributed by atoms with van der Waals surface area (Å²) in [5, 5.41) is 0. The van der Waals surface area contributed by atoms with Crippen molar-refractivity contribution in [1.82, 2.24) is 9.97 Å². The highest BCUT2D eigenvalue weighted by molar-refractivity contribution is 6.02. The number of ether oxygens (including phenoxy) is 4. The molecular weight excluding hydrogens is 388 g/mol. The number of benzene rings is 2. The Balaban J connectivity index is 1.75. The topological polar surface area (TPSA) is 99.7 Å². The van der Waals surface area contributed by atoms with Crippen LogP contribution in [0.1, 0.15) is 28.7 Å². The van der Waals surface area contributed by atoms with Gasteiger partial charge in [-0.05, 0) is 35.9 Å². The van der Waals surface area contributed by atoms with Crippen LogP contribution in [0.15, 0.2) is 36.4 Å². The zero-order valence-electron chi connectivity index (χ0n) is 16.9. The Morgan fingerprint density at radius 2 is 1.90 bits per heavy atom. The number of fused-ring (bicyclic) bond motifs is 1. The largest absolute Gasteiger partial charge is 0.493 e. The monoisotopic (exact) mass is 410 g/mol. The molecule has 0 unspecified atom stereocenters. The molecule has 3 rings (SSSR count). The van der Waals surface area contributed by atoms with Gasteiger partial charge in [-0.2, -0.15) is 0 Å². The van der Waals surface area contributed by atoms with E-state index in [0.29, 0.717) is 28.4 Å². The number of esters is 2. The zero-order chi connectivity index (χ0) is 21.5. The van der Waals surface area contributed by atoms with Crippen LogP contribution in [0.5, 0.6) is 11.5 Å². The number of carbonyl (C=O) groups excluding carboxylic acids is 2.